The fourth-order valence-corrected chi connectivity index (χ4v) is 6.06. The summed E-state index contributed by atoms with van der Waals surface area (Å²) in [4.78, 5) is 1.14. The molecule has 114 valence electrons. The van der Waals surface area contributed by atoms with E-state index in [4.69, 9.17) is 11.6 Å². The number of anilines is 1. The number of nitrogens with one attached hydrogen (secondary N) is 2. The van der Waals surface area contributed by atoms with Gasteiger partial charge >= 0.3 is 0 Å². The van der Waals surface area contributed by atoms with Crippen LogP contribution in [0.3, 0.4) is 0 Å². The molecule has 0 radical (unpaired) electrons. The Morgan fingerprint density at radius 2 is 2.05 bits per heavy atom. The van der Waals surface area contributed by atoms with Gasteiger partial charge in [0.25, 0.3) is 10.0 Å². The van der Waals surface area contributed by atoms with Gasteiger partial charge in [0.1, 0.15) is 4.90 Å². The van der Waals surface area contributed by atoms with E-state index in [0.717, 1.165) is 4.88 Å². The molecule has 1 heterocycles. The first kappa shape index (κ1) is 17.2. The SMILES string of the molecule is CNCc1cc(S(=O)(=O)Nc2cccc(Cl)c2Br)c(Br)s1. The standard InChI is InChI=1S/C12H11Br2ClN2O2S2/c1-16-6-7-5-10(12(14)20-7)21(18,19)17-9-4-2-3-8(15)11(9)13/h2-5,16-17H,6H2,1H3. The van der Waals surface area contributed by atoms with Crippen LogP contribution in [0.15, 0.2) is 37.4 Å². The lowest BCUT2D eigenvalue weighted by Gasteiger charge is -2.09. The molecule has 2 aromatic rings. The lowest BCUT2D eigenvalue weighted by Crippen LogP contribution is -2.13. The van der Waals surface area contributed by atoms with Crippen LogP contribution in [0.25, 0.3) is 0 Å². The van der Waals surface area contributed by atoms with Crippen molar-refractivity contribution in [2.45, 2.75) is 11.4 Å². The van der Waals surface area contributed by atoms with Crippen molar-refractivity contribution in [1.82, 2.24) is 5.32 Å². The molecule has 0 aliphatic rings. The molecule has 0 unspecified atom stereocenters. The van der Waals surface area contributed by atoms with Crippen LogP contribution in [-0.4, -0.2) is 15.5 Å². The normalized spacial score (nSPS) is 11.6. The van der Waals surface area contributed by atoms with Gasteiger partial charge in [-0.3, -0.25) is 4.72 Å². The van der Waals surface area contributed by atoms with E-state index >= 15 is 0 Å². The first-order valence-electron chi connectivity index (χ1n) is 5.75. The highest BCUT2D eigenvalue weighted by atomic mass is 79.9. The molecule has 1 aromatic heterocycles. The number of benzene rings is 1. The molecule has 0 atom stereocenters. The lowest BCUT2D eigenvalue weighted by molar-refractivity contribution is 0.601. The van der Waals surface area contributed by atoms with Gasteiger partial charge in [-0.05, 0) is 57.1 Å². The van der Waals surface area contributed by atoms with Crippen molar-refractivity contribution in [1.29, 1.82) is 0 Å². The Labute approximate surface area is 149 Å². The van der Waals surface area contributed by atoms with E-state index in [2.05, 4.69) is 41.9 Å². The second-order valence-electron chi connectivity index (χ2n) is 4.09. The van der Waals surface area contributed by atoms with E-state index in [-0.39, 0.29) is 4.90 Å². The van der Waals surface area contributed by atoms with Crippen LogP contribution in [0.4, 0.5) is 5.69 Å². The van der Waals surface area contributed by atoms with Gasteiger partial charge in [0, 0.05) is 11.4 Å². The fourth-order valence-electron chi connectivity index (χ4n) is 1.62. The van der Waals surface area contributed by atoms with Crippen LogP contribution in [-0.2, 0) is 16.6 Å². The maximum Gasteiger partial charge on any atom is 0.263 e. The van der Waals surface area contributed by atoms with Crippen LogP contribution < -0.4 is 10.0 Å². The summed E-state index contributed by atoms with van der Waals surface area (Å²) in [6, 6.07) is 6.64. The number of hydrogen-bond acceptors (Lipinski definition) is 4. The Balaban J connectivity index is 2.36. The molecule has 0 aliphatic carbocycles. The summed E-state index contributed by atoms with van der Waals surface area (Å²) in [6.45, 7) is 0.611. The summed E-state index contributed by atoms with van der Waals surface area (Å²) in [5.74, 6) is 0. The predicted octanol–water partition coefficient (Wildman–Crippen LogP) is 4.45. The number of sulfonamides is 1. The molecular formula is C12H11Br2ClN2O2S2. The van der Waals surface area contributed by atoms with Gasteiger partial charge in [0.2, 0.25) is 0 Å². The number of halogens is 3. The third kappa shape index (κ3) is 4.00. The summed E-state index contributed by atoms with van der Waals surface area (Å²) in [7, 11) is -1.87. The Bertz CT molecular complexity index is 763. The van der Waals surface area contributed by atoms with Gasteiger partial charge < -0.3 is 5.32 Å². The Morgan fingerprint density at radius 3 is 2.71 bits per heavy atom. The average molecular weight is 475 g/mol. The minimum absolute atomic E-state index is 0.213. The summed E-state index contributed by atoms with van der Waals surface area (Å²) in [5, 5.41) is 3.43. The minimum Gasteiger partial charge on any atom is -0.315 e. The van der Waals surface area contributed by atoms with Crippen LogP contribution in [0, 0.1) is 0 Å². The van der Waals surface area contributed by atoms with E-state index < -0.39 is 10.0 Å². The Kier molecular flexibility index (Phi) is 5.72. The molecule has 0 spiro atoms. The summed E-state index contributed by atoms with van der Waals surface area (Å²) >= 11 is 13.9. The molecular weight excluding hydrogens is 464 g/mol. The van der Waals surface area contributed by atoms with Crippen molar-refractivity contribution in [2.24, 2.45) is 0 Å². The largest absolute Gasteiger partial charge is 0.315 e. The second kappa shape index (κ2) is 6.97. The number of hydrogen-bond donors (Lipinski definition) is 2. The van der Waals surface area contributed by atoms with Crippen molar-refractivity contribution < 1.29 is 8.42 Å². The van der Waals surface area contributed by atoms with E-state index in [1.54, 1.807) is 24.3 Å². The predicted molar refractivity (Wildman–Crippen MR) is 94.7 cm³/mol. The topological polar surface area (TPSA) is 58.2 Å². The minimum atomic E-state index is -3.68. The molecule has 0 aliphatic heterocycles. The zero-order chi connectivity index (χ0) is 15.6. The van der Waals surface area contributed by atoms with E-state index in [1.807, 2.05) is 7.05 Å². The maximum absolute atomic E-state index is 12.5. The van der Waals surface area contributed by atoms with Gasteiger partial charge in [-0.2, -0.15) is 0 Å². The Morgan fingerprint density at radius 1 is 1.33 bits per heavy atom. The molecule has 2 N–H and O–H groups in total. The van der Waals surface area contributed by atoms with Gasteiger partial charge in [-0.15, -0.1) is 11.3 Å². The highest BCUT2D eigenvalue weighted by Gasteiger charge is 2.22. The third-order valence-corrected chi connectivity index (χ3v) is 7.56. The van der Waals surface area contributed by atoms with E-state index in [9.17, 15) is 8.42 Å². The van der Waals surface area contributed by atoms with Crippen LogP contribution in [0.1, 0.15) is 4.88 Å². The average Bonchev–Trinajstić information content (AvgIpc) is 2.77. The van der Waals surface area contributed by atoms with Crippen molar-refractivity contribution in [3.63, 3.8) is 0 Å². The molecule has 4 nitrogen and oxygen atoms in total. The molecule has 2 rings (SSSR count). The molecule has 1 aromatic carbocycles. The molecule has 21 heavy (non-hydrogen) atoms. The molecule has 9 heteroatoms. The van der Waals surface area contributed by atoms with E-state index in [0.29, 0.717) is 25.5 Å². The number of thiophene rings is 1. The maximum atomic E-state index is 12.5. The second-order valence-corrected chi connectivity index (χ2v) is 9.39. The third-order valence-electron chi connectivity index (χ3n) is 2.54. The zero-order valence-electron chi connectivity index (χ0n) is 10.8. The summed E-state index contributed by atoms with van der Waals surface area (Å²) < 4.78 is 28.6. The van der Waals surface area contributed by atoms with Gasteiger partial charge in [-0.1, -0.05) is 17.7 Å². The van der Waals surface area contributed by atoms with Crippen molar-refractivity contribution in [2.75, 3.05) is 11.8 Å². The smallest absolute Gasteiger partial charge is 0.263 e. The molecule has 0 saturated carbocycles. The quantitative estimate of drug-likeness (QED) is 0.673. The molecule has 0 bridgehead atoms. The van der Waals surface area contributed by atoms with Crippen LogP contribution in [0.5, 0.6) is 0 Å². The highest BCUT2D eigenvalue weighted by molar-refractivity contribution is 9.11. The molecule has 0 amide bonds. The number of rotatable bonds is 5. The molecule has 0 saturated heterocycles. The molecule has 0 fully saturated rings. The monoisotopic (exact) mass is 472 g/mol. The van der Waals surface area contributed by atoms with E-state index in [1.165, 1.54) is 11.3 Å². The lowest BCUT2D eigenvalue weighted by atomic mass is 10.3. The van der Waals surface area contributed by atoms with Crippen LogP contribution in [0.2, 0.25) is 5.02 Å². The first-order chi connectivity index (χ1) is 9.85. The van der Waals surface area contributed by atoms with Crippen molar-refractivity contribution in [3.8, 4) is 0 Å². The summed E-state index contributed by atoms with van der Waals surface area (Å²) in [5.41, 5.74) is 0.399. The van der Waals surface area contributed by atoms with Crippen molar-refractivity contribution in [3.05, 3.63) is 42.4 Å². The highest BCUT2D eigenvalue weighted by Crippen LogP contribution is 2.35. The fraction of sp³-hybridized carbons (Fsp3) is 0.167. The van der Waals surface area contributed by atoms with Gasteiger partial charge in [-0.25, -0.2) is 8.42 Å². The zero-order valence-corrected chi connectivity index (χ0v) is 16.3. The van der Waals surface area contributed by atoms with Gasteiger partial charge in [0.05, 0.1) is 19.0 Å². The van der Waals surface area contributed by atoms with Gasteiger partial charge in [0.15, 0.2) is 0 Å². The van der Waals surface area contributed by atoms with Crippen molar-refractivity contribution >= 4 is 70.5 Å². The Hall–Kier alpha value is -0.120. The van der Waals surface area contributed by atoms with Crippen LogP contribution >= 0.6 is 54.8 Å². The first-order valence-corrected chi connectivity index (χ1v) is 10.0. The summed E-state index contributed by atoms with van der Waals surface area (Å²) in [6.07, 6.45) is 0.